The number of furan rings is 2. The van der Waals surface area contributed by atoms with Gasteiger partial charge in [-0.1, -0.05) is 159 Å². The molecule has 0 amide bonds. The summed E-state index contributed by atoms with van der Waals surface area (Å²) in [5.74, 6) is 0. The highest BCUT2D eigenvalue weighted by Gasteiger charge is 2.36. The molecule has 2 aromatic heterocycles. The summed E-state index contributed by atoms with van der Waals surface area (Å²) in [4.78, 5) is 2.42. The zero-order valence-electron chi connectivity index (χ0n) is 34.3. The second-order valence-corrected chi connectivity index (χ2v) is 17.2. The van der Waals surface area contributed by atoms with Gasteiger partial charge in [-0.25, -0.2) is 0 Å². The Morgan fingerprint density at radius 3 is 1.92 bits per heavy atom. The van der Waals surface area contributed by atoms with Crippen molar-refractivity contribution in [2.24, 2.45) is 0 Å². The Balaban J connectivity index is 1.05. The molecule has 0 aliphatic heterocycles. The van der Waals surface area contributed by atoms with E-state index in [1.807, 2.05) is 12.1 Å². The third kappa shape index (κ3) is 5.06. The van der Waals surface area contributed by atoms with Gasteiger partial charge in [-0.15, -0.1) is 0 Å². The first-order valence-corrected chi connectivity index (χ1v) is 21.4. The molecule has 1 aliphatic carbocycles. The Bertz CT molecular complexity index is 3790. The van der Waals surface area contributed by atoms with Gasteiger partial charge in [0.25, 0.3) is 0 Å². The Kier molecular flexibility index (Phi) is 7.36. The van der Waals surface area contributed by atoms with Crippen LogP contribution in [-0.4, -0.2) is 0 Å². The summed E-state index contributed by atoms with van der Waals surface area (Å²) >= 11 is 0. The van der Waals surface area contributed by atoms with Crippen molar-refractivity contribution in [2.45, 2.75) is 19.3 Å². The lowest BCUT2D eigenvalue weighted by atomic mass is 9.82. The number of hydrogen-bond donors (Lipinski definition) is 0. The van der Waals surface area contributed by atoms with E-state index in [1.54, 1.807) is 0 Å². The molecule has 12 aromatic rings. The van der Waals surface area contributed by atoms with Gasteiger partial charge in [0.15, 0.2) is 0 Å². The maximum Gasteiger partial charge on any atom is 0.143 e. The predicted molar refractivity (Wildman–Crippen MR) is 259 cm³/mol. The molecule has 0 saturated carbocycles. The fourth-order valence-electron chi connectivity index (χ4n) is 10.4. The lowest BCUT2D eigenvalue weighted by Gasteiger charge is -2.29. The van der Waals surface area contributed by atoms with Gasteiger partial charge in [0.05, 0.1) is 11.1 Å². The highest BCUT2D eigenvalue weighted by molar-refractivity contribution is 6.22. The maximum atomic E-state index is 7.08. The molecule has 3 heteroatoms. The molecule has 1 aliphatic rings. The molecule has 3 nitrogen and oxygen atoms in total. The van der Waals surface area contributed by atoms with Crippen LogP contribution in [0.25, 0.3) is 98.8 Å². The molecule has 0 radical (unpaired) electrons. The Morgan fingerprint density at radius 1 is 0.387 bits per heavy atom. The molecule has 13 rings (SSSR count). The highest BCUT2D eigenvalue weighted by Crippen LogP contribution is 2.52. The second kappa shape index (κ2) is 13.1. The average molecular weight is 794 g/mol. The SMILES string of the molecule is CC1(C)c2ccccc2-c2ccc(N(c3ccc(-c4cccc5c4oc4ccccc45)cc3)c3cccc4oc5c(-c6ccc7ccccc7c6)c6ccccc6cc5c34)cc21. The van der Waals surface area contributed by atoms with E-state index in [0.717, 1.165) is 83.2 Å². The Morgan fingerprint density at radius 2 is 1.03 bits per heavy atom. The molecule has 10 aromatic carbocycles. The molecule has 0 atom stereocenters. The van der Waals surface area contributed by atoms with Crippen molar-refractivity contribution in [1.82, 2.24) is 0 Å². The van der Waals surface area contributed by atoms with Gasteiger partial charge in [0.1, 0.15) is 22.3 Å². The lowest BCUT2D eigenvalue weighted by Crippen LogP contribution is -2.16. The average Bonchev–Trinajstić information content (AvgIpc) is 3.96. The van der Waals surface area contributed by atoms with Crippen LogP contribution in [0.1, 0.15) is 25.0 Å². The minimum absolute atomic E-state index is 0.162. The summed E-state index contributed by atoms with van der Waals surface area (Å²) in [5.41, 5.74) is 16.3. The molecule has 292 valence electrons. The smallest absolute Gasteiger partial charge is 0.143 e. The van der Waals surface area contributed by atoms with Crippen molar-refractivity contribution in [3.8, 4) is 33.4 Å². The van der Waals surface area contributed by atoms with Crippen molar-refractivity contribution in [3.63, 3.8) is 0 Å². The number of rotatable bonds is 5. The molecule has 0 spiro atoms. The molecule has 0 fully saturated rings. The summed E-state index contributed by atoms with van der Waals surface area (Å²) in [6.07, 6.45) is 0. The number of anilines is 3. The van der Waals surface area contributed by atoms with Crippen molar-refractivity contribution in [3.05, 3.63) is 211 Å². The normalized spacial score (nSPS) is 13.1. The monoisotopic (exact) mass is 793 g/mol. The van der Waals surface area contributed by atoms with Crippen molar-refractivity contribution < 1.29 is 8.83 Å². The number of nitrogens with zero attached hydrogens (tertiary/aromatic N) is 1. The zero-order valence-corrected chi connectivity index (χ0v) is 34.3. The zero-order chi connectivity index (χ0) is 41.1. The highest BCUT2D eigenvalue weighted by atomic mass is 16.3. The topological polar surface area (TPSA) is 29.5 Å². The minimum Gasteiger partial charge on any atom is -0.455 e. The predicted octanol–water partition coefficient (Wildman–Crippen LogP) is 16.9. The fourth-order valence-corrected chi connectivity index (χ4v) is 10.4. The van der Waals surface area contributed by atoms with Gasteiger partial charge in [-0.3, -0.25) is 0 Å². The van der Waals surface area contributed by atoms with E-state index in [2.05, 4.69) is 207 Å². The summed E-state index contributed by atoms with van der Waals surface area (Å²) < 4.78 is 13.6. The summed E-state index contributed by atoms with van der Waals surface area (Å²) in [6.45, 7) is 4.70. The number of para-hydroxylation sites is 2. The van der Waals surface area contributed by atoms with Gasteiger partial charge < -0.3 is 13.7 Å². The minimum atomic E-state index is -0.162. The van der Waals surface area contributed by atoms with Gasteiger partial charge in [0.2, 0.25) is 0 Å². The van der Waals surface area contributed by atoms with Crippen LogP contribution in [0.15, 0.2) is 209 Å². The molecule has 2 heterocycles. The summed E-state index contributed by atoms with van der Waals surface area (Å²) in [7, 11) is 0. The molecule has 62 heavy (non-hydrogen) atoms. The first-order chi connectivity index (χ1) is 30.5. The van der Waals surface area contributed by atoms with Crippen LogP contribution < -0.4 is 4.90 Å². The number of benzene rings is 10. The Labute approximate surface area is 358 Å². The van der Waals surface area contributed by atoms with E-state index in [9.17, 15) is 0 Å². The third-order valence-electron chi connectivity index (χ3n) is 13.4. The molecule has 0 saturated heterocycles. The van der Waals surface area contributed by atoms with Crippen LogP contribution in [0.4, 0.5) is 17.1 Å². The van der Waals surface area contributed by atoms with E-state index in [-0.39, 0.29) is 5.41 Å². The van der Waals surface area contributed by atoms with E-state index < -0.39 is 0 Å². The third-order valence-corrected chi connectivity index (χ3v) is 13.4. The van der Waals surface area contributed by atoms with Gasteiger partial charge >= 0.3 is 0 Å². The van der Waals surface area contributed by atoms with Crippen LogP contribution in [0.2, 0.25) is 0 Å². The van der Waals surface area contributed by atoms with Crippen molar-refractivity contribution >= 4 is 82.5 Å². The maximum absolute atomic E-state index is 7.08. The molecular formula is C59H39NO2. The van der Waals surface area contributed by atoms with Crippen molar-refractivity contribution in [2.75, 3.05) is 4.90 Å². The van der Waals surface area contributed by atoms with Crippen LogP contribution in [-0.2, 0) is 5.41 Å². The van der Waals surface area contributed by atoms with E-state index in [0.29, 0.717) is 0 Å². The molecule has 0 bridgehead atoms. The van der Waals surface area contributed by atoms with Crippen LogP contribution in [0, 0.1) is 0 Å². The quantitative estimate of drug-likeness (QED) is 0.174. The Hall–Kier alpha value is -7.88. The number of fused-ring (bicyclic) bond motifs is 11. The van der Waals surface area contributed by atoms with E-state index in [1.165, 1.54) is 43.8 Å². The lowest BCUT2D eigenvalue weighted by molar-refractivity contribution is 0.660. The van der Waals surface area contributed by atoms with Gasteiger partial charge in [0, 0.05) is 44.1 Å². The van der Waals surface area contributed by atoms with Crippen LogP contribution in [0.5, 0.6) is 0 Å². The van der Waals surface area contributed by atoms with Gasteiger partial charge in [-0.2, -0.15) is 0 Å². The van der Waals surface area contributed by atoms with E-state index in [4.69, 9.17) is 8.83 Å². The molecule has 0 N–H and O–H groups in total. The summed E-state index contributed by atoms with van der Waals surface area (Å²) in [6, 6.07) is 72.4. The molecule has 0 unspecified atom stereocenters. The van der Waals surface area contributed by atoms with Gasteiger partial charge in [-0.05, 0) is 110 Å². The second-order valence-electron chi connectivity index (χ2n) is 17.2. The first kappa shape index (κ1) is 34.9. The first-order valence-electron chi connectivity index (χ1n) is 21.4. The standard InChI is InChI=1S/C59H39NO2/c1-59(2)50-21-9-7-17-45(50)46-32-31-42(35-51(46)59)60(41-29-27-37(28-30-41)44-19-11-20-48-47-18-8-10-23-53(47)61-57(44)48)52-22-12-24-54-56(52)49-34-39-15-5-6-16-43(39)55(58(49)62-54)40-26-25-36-13-3-4-14-38(36)33-40/h3-35H,1-2H3. The fraction of sp³-hybridized carbons (Fsp3) is 0.0508. The largest absolute Gasteiger partial charge is 0.455 e. The van der Waals surface area contributed by atoms with E-state index >= 15 is 0 Å². The number of hydrogen-bond acceptors (Lipinski definition) is 3. The van der Waals surface area contributed by atoms with Crippen molar-refractivity contribution in [1.29, 1.82) is 0 Å². The van der Waals surface area contributed by atoms with Crippen LogP contribution >= 0.6 is 0 Å². The van der Waals surface area contributed by atoms with Crippen LogP contribution in [0.3, 0.4) is 0 Å². The summed E-state index contributed by atoms with van der Waals surface area (Å²) in [5, 5.41) is 9.19. The molecular weight excluding hydrogens is 755 g/mol.